The molecule has 6 nitrogen and oxygen atoms in total. The molecule has 0 amide bonds. The number of rotatable bonds is 3. The molecule has 0 saturated heterocycles. The molecule has 3 rings (SSSR count). The first-order chi connectivity index (χ1) is 13.1. The van der Waals surface area contributed by atoms with Crippen LogP contribution >= 0.6 is 23.2 Å². The predicted octanol–water partition coefficient (Wildman–Crippen LogP) is 3.48. The molecule has 0 unspecified atom stereocenters. The molecule has 0 aliphatic rings. The van der Waals surface area contributed by atoms with Gasteiger partial charge in [0.1, 0.15) is 6.20 Å². The standard InChI is InChI=1S/C17H8Cl2F3N3O3/c18-12-4-1-8(5-11(12)17(20,21)22)15(27)10-3-2-9(6-13(10)19)25-16(28)24-14(26)7-23-25/h1-7H,(H,24,26,28). The molecule has 11 heteroatoms. The van der Waals surface area contributed by atoms with Gasteiger partial charge >= 0.3 is 11.9 Å². The summed E-state index contributed by atoms with van der Waals surface area (Å²) in [5, 5.41) is 2.99. The van der Waals surface area contributed by atoms with Gasteiger partial charge in [-0.25, -0.2) is 4.79 Å². The average molecular weight is 430 g/mol. The lowest BCUT2D eigenvalue weighted by molar-refractivity contribution is -0.137. The predicted molar refractivity (Wildman–Crippen MR) is 95.4 cm³/mol. The summed E-state index contributed by atoms with van der Waals surface area (Å²) in [6.45, 7) is 0. The van der Waals surface area contributed by atoms with Crippen LogP contribution in [-0.4, -0.2) is 20.5 Å². The van der Waals surface area contributed by atoms with Crippen molar-refractivity contribution in [1.29, 1.82) is 0 Å². The minimum absolute atomic E-state index is 0.0849. The molecule has 1 aromatic heterocycles. The number of benzene rings is 2. The number of carbonyl (C=O) groups excluding carboxylic acids is 1. The minimum atomic E-state index is -4.72. The largest absolute Gasteiger partial charge is 0.417 e. The van der Waals surface area contributed by atoms with E-state index in [2.05, 4.69) is 5.10 Å². The fraction of sp³-hybridized carbons (Fsp3) is 0.0588. The highest BCUT2D eigenvalue weighted by atomic mass is 35.5. The van der Waals surface area contributed by atoms with Crippen molar-refractivity contribution in [3.8, 4) is 5.69 Å². The molecule has 28 heavy (non-hydrogen) atoms. The van der Waals surface area contributed by atoms with Crippen LogP contribution in [-0.2, 0) is 6.18 Å². The van der Waals surface area contributed by atoms with Crippen LogP contribution in [0.4, 0.5) is 13.2 Å². The quantitative estimate of drug-likeness (QED) is 0.645. The van der Waals surface area contributed by atoms with Crippen LogP contribution in [0.15, 0.2) is 52.2 Å². The van der Waals surface area contributed by atoms with Gasteiger partial charge in [0.2, 0.25) is 0 Å². The zero-order valence-electron chi connectivity index (χ0n) is 13.6. The number of carbonyl (C=O) groups is 1. The van der Waals surface area contributed by atoms with Crippen molar-refractivity contribution in [3.63, 3.8) is 0 Å². The van der Waals surface area contributed by atoms with Gasteiger partial charge in [0, 0.05) is 11.1 Å². The first-order valence-corrected chi connectivity index (χ1v) is 8.23. The van der Waals surface area contributed by atoms with Gasteiger partial charge < -0.3 is 0 Å². The zero-order valence-corrected chi connectivity index (χ0v) is 15.1. The van der Waals surface area contributed by atoms with E-state index in [0.29, 0.717) is 6.07 Å². The molecule has 0 atom stereocenters. The SMILES string of the molecule is O=C(c1ccc(Cl)c(C(F)(F)F)c1)c1ccc(-n2ncc(=O)[nH]c2=O)cc1Cl. The second-order valence-corrected chi connectivity index (χ2v) is 6.35. The van der Waals surface area contributed by atoms with Gasteiger partial charge in [0.25, 0.3) is 5.56 Å². The number of H-pyrrole nitrogens is 1. The smallest absolute Gasteiger partial charge is 0.289 e. The molecule has 0 aliphatic heterocycles. The van der Waals surface area contributed by atoms with E-state index >= 15 is 0 Å². The lowest BCUT2D eigenvalue weighted by Crippen LogP contribution is -2.30. The van der Waals surface area contributed by atoms with Crippen LogP contribution in [0.3, 0.4) is 0 Å². The number of nitrogens with zero attached hydrogens (tertiary/aromatic N) is 2. The van der Waals surface area contributed by atoms with Crippen LogP contribution in [0.1, 0.15) is 21.5 Å². The Morgan fingerprint density at radius 3 is 2.36 bits per heavy atom. The molecule has 0 bridgehead atoms. The Hall–Kier alpha value is -2.91. The number of alkyl halides is 3. The summed E-state index contributed by atoms with van der Waals surface area (Å²) in [6.07, 6.45) is -3.85. The van der Waals surface area contributed by atoms with Gasteiger partial charge in [-0.05, 0) is 36.4 Å². The van der Waals surface area contributed by atoms with Gasteiger partial charge in [-0.2, -0.15) is 23.0 Å². The molecular weight excluding hydrogens is 422 g/mol. The Labute approximate surface area is 164 Å². The molecule has 2 aromatic carbocycles. The maximum Gasteiger partial charge on any atom is 0.417 e. The summed E-state index contributed by atoms with van der Waals surface area (Å²) in [5.74, 6) is -0.763. The van der Waals surface area contributed by atoms with E-state index in [1.54, 1.807) is 0 Å². The number of aromatic amines is 1. The number of ketones is 1. The van der Waals surface area contributed by atoms with Crippen LogP contribution in [0, 0.1) is 0 Å². The molecule has 0 spiro atoms. The number of nitrogens with one attached hydrogen (secondary N) is 1. The Kier molecular flexibility index (Phi) is 5.14. The highest BCUT2D eigenvalue weighted by Gasteiger charge is 2.34. The van der Waals surface area contributed by atoms with E-state index in [1.165, 1.54) is 18.2 Å². The molecular formula is C17H8Cl2F3N3O3. The summed E-state index contributed by atoms with van der Waals surface area (Å²) < 4.78 is 39.8. The van der Waals surface area contributed by atoms with Crippen molar-refractivity contribution < 1.29 is 18.0 Å². The fourth-order valence-electron chi connectivity index (χ4n) is 2.40. The second-order valence-electron chi connectivity index (χ2n) is 5.54. The monoisotopic (exact) mass is 429 g/mol. The van der Waals surface area contributed by atoms with Crippen molar-refractivity contribution in [2.24, 2.45) is 0 Å². The van der Waals surface area contributed by atoms with Crippen molar-refractivity contribution in [2.45, 2.75) is 6.18 Å². The van der Waals surface area contributed by atoms with E-state index in [0.717, 1.165) is 23.0 Å². The number of aromatic nitrogens is 3. The molecule has 0 fully saturated rings. The van der Waals surface area contributed by atoms with E-state index in [-0.39, 0.29) is 21.8 Å². The average Bonchev–Trinajstić information content (AvgIpc) is 2.60. The Balaban J connectivity index is 2.02. The van der Waals surface area contributed by atoms with Crippen LogP contribution in [0.2, 0.25) is 10.0 Å². The molecule has 3 aromatic rings. The third-order valence-electron chi connectivity index (χ3n) is 3.69. The first kappa shape index (κ1) is 19.8. The molecule has 0 radical (unpaired) electrons. The van der Waals surface area contributed by atoms with Crippen molar-refractivity contribution >= 4 is 29.0 Å². The third-order valence-corrected chi connectivity index (χ3v) is 4.33. The number of hydrogen-bond acceptors (Lipinski definition) is 4. The molecule has 144 valence electrons. The molecule has 1 N–H and O–H groups in total. The Morgan fingerprint density at radius 2 is 1.75 bits per heavy atom. The van der Waals surface area contributed by atoms with E-state index in [1.807, 2.05) is 4.98 Å². The summed E-state index contributed by atoms with van der Waals surface area (Å²) in [6, 6.07) is 6.54. The maximum atomic E-state index is 13.0. The van der Waals surface area contributed by atoms with Crippen LogP contribution in [0.5, 0.6) is 0 Å². The highest BCUT2D eigenvalue weighted by molar-refractivity contribution is 6.35. The number of halogens is 5. The summed E-state index contributed by atoms with van der Waals surface area (Å²) >= 11 is 11.6. The highest BCUT2D eigenvalue weighted by Crippen LogP contribution is 2.35. The second kappa shape index (κ2) is 7.25. The molecule has 1 heterocycles. The summed E-state index contributed by atoms with van der Waals surface area (Å²) in [5.41, 5.74) is -2.85. The van der Waals surface area contributed by atoms with Crippen LogP contribution < -0.4 is 11.2 Å². The lowest BCUT2D eigenvalue weighted by atomic mass is 10.0. The fourth-order valence-corrected chi connectivity index (χ4v) is 2.88. The van der Waals surface area contributed by atoms with E-state index < -0.39 is 33.8 Å². The molecule has 0 aliphatic carbocycles. The van der Waals surface area contributed by atoms with Gasteiger partial charge in [-0.15, -0.1) is 0 Å². The topological polar surface area (TPSA) is 84.8 Å². The number of hydrogen-bond donors (Lipinski definition) is 1. The first-order valence-electron chi connectivity index (χ1n) is 7.48. The van der Waals surface area contributed by atoms with Crippen molar-refractivity contribution in [2.75, 3.05) is 0 Å². The van der Waals surface area contributed by atoms with Crippen LogP contribution in [0.25, 0.3) is 5.69 Å². The zero-order chi connectivity index (χ0) is 20.6. The van der Waals surface area contributed by atoms with Gasteiger partial charge in [0.05, 0.1) is 21.3 Å². The normalized spacial score (nSPS) is 11.5. The van der Waals surface area contributed by atoms with Gasteiger partial charge in [-0.1, -0.05) is 23.2 Å². The Morgan fingerprint density at radius 1 is 1.04 bits per heavy atom. The third kappa shape index (κ3) is 3.85. The van der Waals surface area contributed by atoms with Crippen molar-refractivity contribution in [1.82, 2.24) is 14.8 Å². The maximum absolute atomic E-state index is 13.0. The van der Waals surface area contributed by atoms with E-state index in [4.69, 9.17) is 23.2 Å². The minimum Gasteiger partial charge on any atom is -0.289 e. The van der Waals surface area contributed by atoms with Gasteiger partial charge in [0.15, 0.2) is 5.78 Å². The molecule has 0 saturated carbocycles. The summed E-state index contributed by atoms with van der Waals surface area (Å²) in [7, 11) is 0. The lowest BCUT2D eigenvalue weighted by Gasteiger charge is -2.11. The van der Waals surface area contributed by atoms with Gasteiger partial charge in [-0.3, -0.25) is 14.6 Å². The Bertz CT molecular complexity index is 1200. The van der Waals surface area contributed by atoms with E-state index in [9.17, 15) is 27.6 Å². The van der Waals surface area contributed by atoms with Crippen molar-refractivity contribution in [3.05, 3.63) is 90.2 Å². The summed E-state index contributed by atoms with van der Waals surface area (Å²) in [4.78, 5) is 37.4.